The lowest BCUT2D eigenvalue weighted by Gasteiger charge is -2.18. The summed E-state index contributed by atoms with van der Waals surface area (Å²) in [5, 5.41) is 9.30. The van der Waals surface area contributed by atoms with E-state index >= 15 is 0 Å². The average molecular weight is 242 g/mol. The Morgan fingerprint density at radius 3 is 3.06 bits per heavy atom. The maximum atomic E-state index is 5.56. The maximum Gasteiger partial charge on any atom is 0.294 e. The van der Waals surface area contributed by atoms with Crippen molar-refractivity contribution in [3.63, 3.8) is 0 Å². The first-order chi connectivity index (χ1) is 7.79. The molecule has 1 saturated heterocycles. The van der Waals surface area contributed by atoms with E-state index in [1.165, 1.54) is 30.7 Å². The minimum absolute atomic E-state index is 0.437. The summed E-state index contributed by atoms with van der Waals surface area (Å²) in [5.41, 5.74) is 5.46. The Kier molecular flexibility index (Phi) is 4.09. The predicted octanol–water partition coefficient (Wildman–Crippen LogP) is 0.860. The normalized spacial score (nSPS) is 21.5. The Morgan fingerprint density at radius 2 is 2.44 bits per heavy atom. The first-order valence-electron chi connectivity index (χ1n) is 5.65. The largest absolute Gasteiger partial charge is 0.469 e. The first-order valence-corrected chi connectivity index (χ1v) is 6.46. The van der Waals surface area contributed by atoms with Crippen LogP contribution in [0.25, 0.3) is 0 Å². The summed E-state index contributed by atoms with van der Waals surface area (Å²) in [6, 6.07) is 0.668. The van der Waals surface area contributed by atoms with E-state index in [2.05, 4.69) is 22.1 Å². The minimum atomic E-state index is 0.437. The summed E-state index contributed by atoms with van der Waals surface area (Å²) in [5.74, 6) is 0. The quantitative estimate of drug-likeness (QED) is 0.829. The third-order valence-corrected chi connectivity index (χ3v) is 3.83. The molecule has 0 spiro atoms. The fourth-order valence-electron chi connectivity index (χ4n) is 2.01. The Bertz CT molecular complexity index is 330. The maximum absolute atomic E-state index is 5.56. The van der Waals surface area contributed by atoms with Gasteiger partial charge in [0.1, 0.15) is 5.01 Å². The predicted molar refractivity (Wildman–Crippen MR) is 63.6 cm³/mol. The molecule has 1 aliphatic heterocycles. The van der Waals surface area contributed by atoms with Crippen molar-refractivity contribution in [1.82, 2.24) is 15.1 Å². The Morgan fingerprint density at radius 1 is 1.56 bits per heavy atom. The monoisotopic (exact) mass is 242 g/mol. The molecule has 1 aliphatic rings. The lowest BCUT2D eigenvalue weighted by molar-refractivity contribution is 0.232. The van der Waals surface area contributed by atoms with Crippen LogP contribution in [-0.4, -0.2) is 41.3 Å². The van der Waals surface area contributed by atoms with Crippen molar-refractivity contribution in [2.45, 2.75) is 31.8 Å². The van der Waals surface area contributed by atoms with Crippen LogP contribution in [0.5, 0.6) is 5.19 Å². The highest BCUT2D eigenvalue weighted by Crippen LogP contribution is 2.20. The van der Waals surface area contributed by atoms with E-state index in [4.69, 9.17) is 10.5 Å². The van der Waals surface area contributed by atoms with E-state index in [0.29, 0.717) is 24.4 Å². The number of rotatable bonds is 5. The molecule has 90 valence electrons. The van der Waals surface area contributed by atoms with Crippen LogP contribution in [0.3, 0.4) is 0 Å². The standard InChI is InChI=1S/C10H18N4OS/c1-14-5-2-3-8(14)4-6-15-10-13-12-9(7-11)16-10/h8H,2-7,11H2,1H3. The van der Waals surface area contributed by atoms with Gasteiger partial charge in [0.25, 0.3) is 5.19 Å². The van der Waals surface area contributed by atoms with Gasteiger partial charge in [0.05, 0.1) is 6.61 Å². The second-order valence-electron chi connectivity index (χ2n) is 4.08. The zero-order valence-corrected chi connectivity index (χ0v) is 10.4. The molecule has 0 bridgehead atoms. The molecule has 0 aliphatic carbocycles. The fourth-order valence-corrected chi connectivity index (χ4v) is 2.60. The molecular weight excluding hydrogens is 224 g/mol. The van der Waals surface area contributed by atoms with Crippen LogP contribution in [-0.2, 0) is 6.54 Å². The number of nitrogens with two attached hydrogens (primary N) is 1. The van der Waals surface area contributed by atoms with Gasteiger partial charge in [-0.15, -0.1) is 10.2 Å². The number of hydrogen-bond donors (Lipinski definition) is 1. The summed E-state index contributed by atoms with van der Waals surface area (Å²) in [4.78, 5) is 2.40. The lowest BCUT2D eigenvalue weighted by atomic mass is 10.2. The summed E-state index contributed by atoms with van der Waals surface area (Å²) in [7, 11) is 2.18. The van der Waals surface area contributed by atoms with Crippen molar-refractivity contribution >= 4 is 11.3 Å². The number of aromatic nitrogens is 2. The van der Waals surface area contributed by atoms with Crippen LogP contribution in [0, 0.1) is 0 Å². The van der Waals surface area contributed by atoms with Crippen LogP contribution >= 0.6 is 11.3 Å². The molecule has 0 amide bonds. The lowest BCUT2D eigenvalue weighted by Crippen LogP contribution is -2.26. The molecule has 16 heavy (non-hydrogen) atoms. The highest BCUT2D eigenvalue weighted by Gasteiger charge is 2.20. The van der Waals surface area contributed by atoms with Gasteiger partial charge in [0.15, 0.2) is 0 Å². The third-order valence-electron chi connectivity index (χ3n) is 2.97. The van der Waals surface area contributed by atoms with Gasteiger partial charge in [-0.2, -0.15) is 0 Å². The van der Waals surface area contributed by atoms with Crippen LogP contribution in [0.2, 0.25) is 0 Å². The van der Waals surface area contributed by atoms with E-state index in [-0.39, 0.29) is 0 Å². The number of nitrogens with zero attached hydrogens (tertiary/aromatic N) is 3. The van der Waals surface area contributed by atoms with Gasteiger partial charge < -0.3 is 15.4 Å². The van der Waals surface area contributed by atoms with Crippen molar-refractivity contribution < 1.29 is 4.74 Å². The molecule has 6 heteroatoms. The van der Waals surface area contributed by atoms with Gasteiger partial charge in [-0.1, -0.05) is 11.3 Å². The van der Waals surface area contributed by atoms with Gasteiger partial charge in [0, 0.05) is 12.6 Å². The highest BCUT2D eigenvalue weighted by atomic mass is 32.1. The van der Waals surface area contributed by atoms with Gasteiger partial charge in [-0.25, -0.2) is 0 Å². The van der Waals surface area contributed by atoms with E-state index in [0.717, 1.165) is 11.4 Å². The molecule has 0 radical (unpaired) electrons. The molecule has 0 aromatic carbocycles. The van der Waals surface area contributed by atoms with Crippen LogP contribution in [0.4, 0.5) is 0 Å². The zero-order valence-electron chi connectivity index (χ0n) is 9.56. The Labute approximate surface area is 99.6 Å². The second-order valence-corrected chi connectivity index (χ2v) is 5.10. The molecule has 2 N–H and O–H groups in total. The van der Waals surface area contributed by atoms with Gasteiger partial charge in [-0.05, 0) is 32.9 Å². The van der Waals surface area contributed by atoms with Crippen molar-refractivity contribution in [3.8, 4) is 5.19 Å². The van der Waals surface area contributed by atoms with Crippen molar-refractivity contribution in [3.05, 3.63) is 5.01 Å². The zero-order chi connectivity index (χ0) is 11.4. The van der Waals surface area contributed by atoms with Crippen molar-refractivity contribution in [2.24, 2.45) is 5.73 Å². The van der Waals surface area contributed by atoms with E-state index in [9.17, 15) is 0 Å². The molecule has 5 nitrogen and oxygen atoms in total. The molecular formula is C10H18N4OS. The smallest absolute Gasteiger partial charge is 0.294 e. The number of ether oxygens (including phenoxy) is 1. The summed E-state index contributed by atoms with van der Waals surface area (Å²) < 4.78 is 5.56. The van der Waals surface area contributed by atoms with E-state index < -0.39 is 0 Å². The molecule has 1 atom stereocenters. The SMILES string of the molecule is CN1CCCC1CCOc1nnc(CN)s1. The molecule has 1 fully saturated rings. The van der Waals surface area contributed by atoms with Crippen molar-refractivity contribution in [1.29, 1.82) is 0 Å². The molecule has 1 aromatic rings. The first kappa shape index (κ1) is 11.8. The van der Waals surface area contributed by atoms with E-state index in [1.54, 1.807) is 0 Å². The molecule has 0 saturated carbocycles. The molecule has 1 unspecified atom stereocenters. The fraction of sp³-hybridized carbons (Fsp3) is 0.800. The molecule has 1 aromatic heterocycles. The van der Waals surface area contributed by atoms with Gasteiger partial charge in [0.2, 0.25) is 0 Å². The molecule has 2 rings (SSSR count). The average Bonchev–Trinajstić information content (AvgIpc) is 2.89. The van der Waals surface area contributed by atoms with Crippen LogP contribution < -0.4 is 10.5 Å². The number of likely N-dealkylation sites (tertiary alicyclic amines) is 1. The summed E-state index contributed by atoms with van der Waals surface area (Å²) in [6.45, 7) is 2.36. The Hall–Kier alpha value is -0.720. The van der Waals surface area contributed by atoms with Gasteiger partial charge >= 0.3 is 0 Å². The summed E-state index contributed by atoms with van der Waals surface area (Å²) >= 11 is 1.43. The minimum Gasteiger partial charge on any atom is -0.469 e. The van der Waals surface area contributed by atoms with Crippen molar-refractivity contribution in [2.75, 3.05) is 20.2 Å². The van der Waals surface area contributed by atoms with Crippen LogP contribution in [0.15, 0.2) is 0 Å². The van der Waals surface area contributed by atoms with Crippen LogP contribution in [0.1, 0.15) is 24.3 Å². The molecule has 2 heterocycles. The van der Waals surface area contributed by atoms with E-state index in [1.807, 2.05) is 0 Å². The Balaban J connectivity index is 1.71. The van der Waals surface area contributed by atoms with Gasteiger partial charge in [-0.3, -0.25) is 0 Å². The summed E-state index contributed by atoms with van der Waals surface area (Å²) in [6.07, 6.45) is 3.65. The third kappa shape index (κ3) is 2.90. The highest BCUT2D eigenvalue weighted by molar-refractivity contribution is 7.13. The number of hydrogen-bond acceptors (Lipinski definition) is 6. The second kappa shape index (κ2) is 5.56. The topological polar surface area (TPSA) is 64.3 Å².